The summed E-state index contributed by atoms with van der Waals surface area (Å²) in [5, 5.41) is 3.50. The molecule has 1 fully saturated rings. The Hall–Kier alpha value is -0.610. The number of nitrogens with zero attached hydrogens (tertiary/aromatic N) is 2. The molecular formula is C15H16Br2N2. The summed E-state index contributed by atoms with van der Waals surface area (Å²) < 4.78 is 1.14. The molecule has 1 aromatic heterocycles. The van der Waals surface area contributed by atoms with Crippen molar-refractivity contribution in [2.24, 2.45) is 0 Å². The number of aromatic nitrogens is 1. The van der Waals surface area contributed by atoms with Crippen LogP contribution in [0, 0.1) is 0 Å². The summed E-state index contributed by atoms with van der Waals surface area (Å²) in [6, 6.07) is 8.98. The minimum atomic E-state index is 0.561. The van der Waals surface area contributed by atoms with E-state index in [4.69, 9.17) is 0 Å². The van der Waals surface area contributed by atoms with E-state index >= 15 is 0 Å². The Bertz CT molecular complexity index is 585. The maximum atomic E-state index is 4.65. The monoisotopic (exact) mass is 382 g/mol. The summed E-state index contributed by atoms with van der Waals surface area (Å²) in [5.41, 5.74) is 0. The van der Waals surface area contributed by atoms with Crippen LogP contribution in [0.4, 0.5) is 5.82 Å². The fraction of sp³-hybridized carbons (Fsp3) is 0.400. The number of pyridine rings is 1. The molecule has 2 aromatic rings. The molecule has 100 valence electrons. The fourth-order valence-corrected chi connectivity index (χ4v) is 3.99. The lowest BCUT2D eigenvalue weighted by Gasteiger charge is -2.36. The summed E-state index contributed by atoms with van der Waals surface area (Å²) >= 11 is 7.28. The van der Waals surface area contributed by atoms with Gasteiger partial charge < -0.3 is 4.90 Å². The number of hydrogen-bond donors (Lipinski definition) is 0. The third-order valence-electron chi connectivity index (χ3n) is 3.81. The Balaban J connectivity index is 2.11. The zero-order chi connectivity index (χ0) is 13.2. The van der Waals surface area contributed by atoms with E-state index in [1.54, 1.807) is 0 Å². The molecule has 0 spiro atoms. The van der Waals surface area contributed by atoms with E-state index in [1.165, 1.54) is 30.0 Å². The molecule has 4 heteroatoms. The predicted octanol–water partition coefficient (Wildman–Crippen LogP) is 4.75. The Morgan fingerprint density at radius 2 is 2.11 bits per heavy atom. The number of fused-ring (bicyclic) bond motifs is 1. The first kappa shape index (κ1) is 13.4. The van der Waals surface area contributed by atoms with Crippen LogP contribution in [0.25, 0.3) is 10.8 Å². The van der Waals surface area contributed by atoms with Crippen molar-refractivity contribution < 1.29 is 0 Å². The van der Waals surface area contributed by atoms with Crippen LogP contribution in [-0.4, -0.2) is 22.9 Å². The summed E-state index contributed by atoms with van der Waals surface area (Å²) in [6.45, 7) is 1.11. The minimum absolute atomic E-state index is 0.561. The number of benzene rings is 1. The number of piperidine rings is 1. The van der Waals surface area contributed by atoms with E-state index in [2.05, 4.69) is 66.0 Å². The normalized spacial score (nSPS) is 19.9. The summed E-state index contributed by atoms with van der Waals surface area (Å²) in [7, 11) is 0. The van der Waals surface area contributed by atoms with E-state index < -0.39 is 0 Å². The summed E-state index contributed by atoms with van der Waals surface area (Å²) in [5.74, 6) is 1.13. The van der Waals surface area contributed by atoms with E-state index in [0.29, 0.717) is 6.04 Å². The second-order valence-electron chi connectivity index (χ2n) is 4.97. The van der Waals surface area contributed by atoms with Gasteiger partial charge in [-0.3, -0.25) is 0 Å². The van der Waals surface area contributed by atoms with Gasteiger partial charge in [0.2, 0.25) is 0 Å². The first-order valence-electron chi connectivity index (χ1n) is 6.67. The predicted molar refractivity (Wildman–Crippen MR) is 88.2 cm³/mol. The van der Waals surface area contributed by atoms with Crippen LogP contribution in [0.1, 0.15) is 19.3 Å². The smallest absolute Gasteiger partial charge is 0.136 e. The van der Waals surface area contributed by atoms with E-state index in [0.717, 1.165) is 22.2 Å². The van der Waals surface area contributed by atoms with Crippen LogP contribution >= 0.6 is 31.9 Å². The van der Waals surface area contributed by atoms with Crippen molar-refractivity contribution in [3.05, 3.63) is 34.9 Å². The van der Waals surface area contributed by atoms with E-state index in [9.17, 15) is 0 Å². The van der Waals surface area contributed by atoms with Crippen molar-refractivity contribution in [1.29, 1.82) is 0 Å². The van der Waals surface area contributed by atoms with Gasteiger partial charge in [0.1, 0.15) is 5.82 Å². The summed E-state index contributed by atoms with van der Waals surface area (Å²) in [4.78, 5) is 7.12. The van der Waals surface area contributed by atoms with Gasteiger partial charge in [-0.25, -0.2) is 4.98 Å². The molecule has 0 aliphatic carbocycles. The fourth-order valence-electron chi connectivity index (χ4n) is 2.82. The number of rotatable bonds is 2. The number of halogens is 2. The van der Waals surface area contributed by atoms with E-state index in [1.807, 2.05) is 6.20 Å². The Labute approximate surface area is 130 Å². The van der Waals surface area contributed by atoms with Gasteiger partial charge in [-0.15, -0.1) is 0 Å². The third kappa shape index (κ3) is 2.52. The molecule has 0 N–H and O–H groups in total. The Morgan fingerprint density at radius 3 is 2.95 bits per heavy atom. The average Bonchev–Trinajstić information content (AvgIpc) is 2.47. The molecule has 0 radical (unpaired) electrons. The molecular weight excluding hydrogens is 368 g/mol. The standard InChI is InChI=1S/C15H16Br2N2/c16-10-11-4-1-2-9-19(11)15-13-5-3-6-14(17)12(13)7-8-18-15/h3,5-8,11H,1-2,4,9-10H2. The first-order chi connectivity index (χ1) is 9.31. The number of anilines is 1. The van der Waals surface area contributed by atoms with Crippen LogP contribution < -0.4 is 4.90 Å². The molecule has 1 aromatic carbocycles. The molecule has 1 atom stereocenters. The molecule has 2 heterocycles. The van der Waals surface area contributed by atoms with Crippen molar-refractivity contribution >= 4 is 48.5 Å². The highest BCUT2D eigenvalue weighted by Crippen LogP contribution is 2.33. The molecule has 1 aliphatic rings. The maximum absolute atomic E-state index is 4.65. The molecule has 0 saturated carbocycles. The quantitative estimate of drug-likeness (QED) is 0.695. The van der Waals surface area contributed by atoms with Gasteiger partial charge in [0.25, 0.3) is 0 Å². The SMILES string of the molecule is BrCC1CCCCN1c1nccc2c(Br)cccc12. The van der Waals surface area contributed by atoms with Crippen LogP contribution in [0.15, 0.2) is 34.9 Å². The van der Waals surface area contributed by atoms with Gasteiger partial charge in [0.05, 0.1) is 0 Å². The number of hydrogen-bond acceptors (Lipinski definition) is 2. The van der Waals surface area contributed by atoms with Crippen LogP contribution in [-0.2, 0) is 0 Å². The van der Waals surface area contributed by atoms with Crippen molar-refractivity contribution in [2.75, 3.05) is 16.8 Å². The highest BCUT2D eigenvalue weighted by atomic mass is 79.9. The van der Waals surface area contributed by atoms with Gasteiger partial charge in [-0.2, -0.15) is 0 Å². The van der Waals surface area contributed by atoms with E-state index in [-0.39, 0.29) is 0 Å². The zero-order valence-electron chi connectivity index (χ0n) is 10.6. The summed E-state index contributed by atoms with van der Waals surface area (Å²) in [6.07, 6.45) is 5.75. The molecule has 1 saturated heterocycles. The maximum Gasteiger partial charge on any atom is 0.136 e. The highest BCUT2D eigenvalue weighted by molar-refractivity contribution is 9.10. The molecule has 2 nitrogen and oxygen atoms in total. The van der Waals surface area contributed by atoms with Gasteiger partial charge in [-0.1, -0.05) is 44.0 Å². The van der Waals surface area contributed by atoms with Gasteiger partial charge in [0.15, 0.2) is 0 Å². The third-order valence-corrected chi connectivity index (χ3v) is 5.25. The molecule has 1 aliphatic heterocycles. The van der Waals surface area contributed by atoms with Crippen LogP contribution in [0.2, 0.25) is 0 Å². The molecule has 3 rings (SSSR count). The van der Waals surface area contributed by atoms with Gasteiger partial charge in [0, 0.05) is 39.4 Å². The largest absolute Gasteiger partial charge is 0.352 e. The molecule has 0 bridgehead atoms. The topological polar surface area (TPSA) is 16.1 Å². The molecule has 0 amide bonds. The molecule has 1 unspecified atom stereocenters. The van der Waals surface area contributed by atoms with Gasteiger partial charge in [-0.05, 0) is 31.4 Å². The van der Waals surface area contributed by atoms with Crippen molar-refractivity contribution in [1.82, 2.24) is 4.98 Å². The average molecular weight is 384 g/mol. The van der Waals surface area contributed by atoms with Crippen molar-refractivity contribution in [3.8, 4) is 0 Å². The lowest BCUT2D eigenvalue weighted by atomic mass is 10.0. The van der Waals surface area contributed by atoms with Crippen LogP contribution in [0.5, 0.6) is 0 Å². The van der Waals surface area contributed by atoms with Gasteiger partial charge >= 0.3 is 0 Å². The second kappa shape index (κ2) is 5.80. The lowest BCUT2D eigenvalue weighted by molar-refractivity contribution is 0.489. The van der Waals surface area contributed by atoms with Crippen molar-refractivity contribution in [2.45, 2.75) is 25.3 Å². The number of alkyl halides is 1. The Morgan fingerprint density at radius 1 is 1.21 bits per heavy atom. The zero-order valence-corrected chi connectivity index (χ0v) is 13.8. The first-order valence-corrected chi connectivity index (χ1v) is 8.58. The second-order valence-corrected chi connectivity index (χ2v) is 6.47. The highest BCUT2D eigenvalue weighted by Gasteiger charge is 2.24. The minimum Gasteiger partial charge on any atom is -0.352 e. The molecule has 19 heavy (non-hydrogen) atoms. The Kier molecular flexibility index (Phi) is 4.08. The lowest BCUT2D eigenvalue weighted by Crippen LogP contribution is -2.41. The van der Waals surface area contributed by atoms with Crippen LogP contribution in [0.3, 0.4) is 0 Å². The van der Waals surface area contributed by atoms with Crippen molar-refractivity contribution in [3.63, 3.8) is 0 Å².